The van der Waals surface area contributed by atoms with Crippen LogP contribution in [0.2, 0.25) is 0 Å². The Kier molecular flexibility index (Phi) is 3.38. The van der Waals surface area contributed by atoms with Crippen molar-refractivity contribution in [2.45, 2.75) is 19.8 Å². The first-order chi connectivity index (χ1) is 8.91. The van der Waals surface area contributed by atoms with Gasteiger partial charge in [0.05, 0.1) is 0 Å². The van der Waals surface area contributed by atoms with Crippen LogP contribution in [0.5, 0.6) is 0 Å². The molecule has 4 N–H and O–H groups in total. The second-order valence-corrected chi connectivity index (χ2v) is 5.17. The van der Waals surface area contributed by atoms with Gasteiger partial charge in [-0.15, -0.1) is 0 Å². The molecule has 2 rings (SSSR count). The quantitative estimate of drug-likeness (QED) is 0.827. The summed E-state index contributed by atoms with van der Waals surface area (Å²) in [6.07, 6.45) is 0. The lowest BCUT2D eigenvalue weighted by Crippen LogP contribution is -2.16. The molecule has 0 unspecified atom stereocenters. The summed E-state index contributed by atoms with van der Waals surface area (Å²) in [5.41, 5.74) is 8.90. The van der Waals surface area contributed by atoms with Gasteiger partial charge in [-0.25, -0.2) is 9.66 Å². The fourth-order valence-electron chi connectivity index (χ4n) is 2.00. The third kappa shape index (κ3) is 2.36. The Morgan fingerprint density at radius 3 is 2.16 bits per heavy atom. The van der Waals surface area contributed by atoms with Crippen LogP contribution < -0.4 is 16.5 Å². The highest BCUT2D eigenvalue weighted by Gasteiger charge is 2.16. The minimum absolute atomic E-state index is 0.238. The number of hydrogen-bond acceptors (Lipinski definition) is 4. The van der Waals surface area contributed by atoms with Crippen molar-refractivity contribution in [2.24, 2.45) is 0 Å². The first-order valence-electron chi connectivity index (χ1n) is 6.32. The molecule has 0 saturated carbocycles. The van der Waals surface area contributed by atoms with E-state index >= 15 is 0 Å². The normalized spacial score (nSPS) is 11.0. The van der Waals surface area contributed by atoms with Gasteiger partial charge in [0.15, 0.2) is 5.82 Å². The van der Waals surface area contributed by atoms with Crippen LogP contribution >= 0.6 is 0 Å². The zero-order chi connectivity index (χ0) is 14.2. The largest absolute Gasteiger partial charge is 0.382 e. The van der Waals surface area contributed by atoms with Crippen LogP contribution in [0.1, 0.15) is 25.6 Å². The summed E-state index contributed by atoms with van der Waals surface area (Å²) < 4.78 is 1.47. The minimum atomic E-state index is 0.238. The van der Waals surface area contributed by atoms with E-state index in [0.717, 1.165) is 22.8 Å². The van der Waals surface area contributed by atoms with Crippen molar-refractivity contribution in [3.05, 3.63) is 30.1 Å². The number of hydrogen-bond donors (Lipinski definition) is 2. The maximum Gasteiger partial charge on any atom is 0.150 e. The van der Waals surface area contributed by atoms with Crippen molar-refractivity contribution in [1.82, 2.24) is 9.66 Å². The number of aromatic nitrogens is 2. The molecule has 0 aliphatic heterocycles. The fraction of sp³-hybridized carbons (Fsp3) is 0.357. The van der Waals surface area contributed by atoms with Crippen LogP contribution in [0.3, 0.4) is 0 Å². The van der Waals surface area contributed by atoms with E-state index in [1.165, 1.54) is 4.68 Å². The molecule has 1 heterocycles. The van der Waals surface area contributed by atoms with E-state index in [-0.39, 0.29) is 5.92 Å². The van der Waals surface area contributed by atoms with Crippen molar-refractivity contribution >= 4 is 11.5 Å². The van der Waals surface area contributed by atoms with Crippen molar-refractivity contribution < 1.29 is 0 Å². The predicted molar refractivity (Wildman–Crippen MR) is 80.6 cm³/mol. The molecule has 102 valence electrons. The van der Waals surface area contributed by atoms with Gasteiger partial charge in [0, 0.05) is 31.3 Å². The average Bonchev–Trinajstić information content (AvgIpc) is 2.67. The Morgan fingerprint density at radius 1 is 1.16 bits per heavy atom. The van der Waals surface area contributed by atoms with Gasteiger partial charge in [0.2, 0.25) is 0 Å². The molecule has 0 aliphatic carbocycles. The van der Waals surface area contributed by atoms with Crippen LogP contribution in [0.4, 0.5) is 11.5 Å². The number of nitrogens with zero attached hydrogens (tertiary/aromatic N) is 3. The van der Waals surface area contributed by atoms with Crippen molar-refractivity contribution in [3.8, 4) is 11.3 Å². The highest BCUT2D eigenvalue weighted by atomic mass is 15.4. The third-order valence-electron chi connectivity index (χ3n) is 3.15. The maximum atomic E-state index is 6.04. The van der Waals surface area contributed by atoms with Crippen LogP contribution in [-0.4, -0.2) is 23.8 Å². The Labute approximate surface area is 113 Å². The van der Waals surface area contributed by atoms with E-state index in [9.17, 15) is 0 Å². The lowest BCUT2D eigenvalue weighted by atomic mass is 10.1. The first kappa shape index (κ1) is 13.3. The van der Waals surface area contributed by atoms with Gasteiger partial charge in [-0.3, -0.25) is 0 Å². The topological polar surface area (TPSA) is 73.1 Å². The summed E-state index contributed by atoms with van der Waals surface area (Å²) in [5.74, 6) is 7.48. The Bertz CT molecular complexity index is 566. The smallest absolute Gasteiger partial charge is 0.150 e. The number of benzene rings is 1. The molecule has 1 aromatic carbocycles. The Balaban J connectivity index is 2.44. The van der Waals surface area contributed by atoms with E-state index < -0.39 is 0 Å². The zero-order valence-electron chi connectivity index (χ0n) is 11.9. The summed E-state index contributed by atoms with van der Waals surface area (Å²) in [5, 5.41) is 0. The lowest BCUT2D eigenvalue weighted by Gasteiger charge is -2.12. The SMILES string of the molecule is CC(C)c1nc(-c2ccc(N(C)C)cc2)c(N)n1N. The van der Waals surface area contributed by atoms with Gasteiger partial charge in [-0.05, 0) is 12.1 Å². The number of anilines is 2. The average molecular weight is 259 g/mol. The molecule has 0 bridgehead atoms. The highest BCUT2D eigenvalue weighted by molar-refractivity contribution is 5.72. The van der Waals surface area contributed by atoms with Crippen LogP contribution in [-0.2, 0) is 0 Å². The van der Waals surface area contributed by atoms with Gasteiger partial charge in [-0.2, -0.15) is 0 Å². The van der Waals surface area contributed by atoms with E-state index in [1.54, 1.807) is 0 Å². The molecule has 2 aromatic rings. The number of rotatable bonds is 3. The van der Waals surface area contributed by atoms with Crippen molar-refractivity contribution in [2.75, 3.05) is 30.6 Å². The molecular formula is C14H21N5. The van der Waals surface area contributed by atoms with E-state index in [4.69, 9.17) is 11.6 Å². The molecule has 5 nitrogen and oxygen atoms in total. The Hall–Kier alpha value is -2.17. The first-order valence-corrected chi connectivity index (χ1v) is 6.32. The van der Waals surface area contributed by atoms with Gasteiger partial charge < -0.3 is 16.5 Å². The fourth-order valence-corrected chi connectivity index (χ4v) is 2.00. The molecule has 0 aliphatic rings. The highest BCUT2D eigenvalue weighted by Crippen LogP contribution is 2.28. The molecule has 0 saturated heterocycles. The molecule has 5 heteroatoms. The number of nitrogens with two attached hydrogens (primary N) is 2. The van der Waals surface area contributed by atoms with Gasteiger partial charge in [0.25, 0.3) is 0 Å². The molecule has 0 spiro atoms. The lowest BCUT2D eigenvalue weighted by molar-refractivity contribution is 0.739. The molecule has 0 fully saturated rings. The summed E-state index contributed by atoms with van der Waals surface area (Å²) in [4.78, 5) is 6.60. The minimum Gasteiger partial charge on any atom is -0.382 e. The monoisotopic (exact) mass is 259 g/mol. The molecule has 0 amide bonds. The predicted octanol–water partition coefficient (Wildman–Crippen LogP) is 2.04. The van der Waals surface area contributed by atoms with Crippen LogP contribution in [0.25, 0.3) is 11.3 Å². The van der Waals surface area contributed by atoms with E-state index in [0.29, 0.717) is 5.82 Å². The van der Waals surface area contributed by atoms with E-state index in [1.807, 2.05) is 57.1 Å². The van der Waals surface area contributed by atoms with Crippen molar-refractivity contribution in [3.63, 3.8) is 0 Å². The van der Waals surface area contributed by atoms with Gasteiger partial charge in [0.1, 0.15) is 11.5 Å². The molecule has 19 heavy (non-hydrogen) atoms. The summed E-state index contributed by atoms with van der Waals surface area (Å²) in [7, 11) is 4.02. The van der Waals surface area contributed by atoms with Gasteiger partial charge >= 0.3 is 0 Å². The van der Waals surface area contributed by atoms with Crippen molar-refractivity contribution in [1.29, 1.82) is 0 Å². The van der Waals surface area contributed by atoms with Gasteiger partial charge in [-0.1, -0.05) is 26.0 Å². The summed E-state index contributed by atoms with van der Waals surface area (Å²) >= 11 is 0. The summed E-state index contributed by atoms with van der Waals surface area (Å²) in [6, 6.07) is 8.11. The number of imidazole rings is 1. The molecule has 1 aromatic heterocycles. The van der Waals surface area contributed by atoms with Crippen LogP contribution in [0.15, 0.2) is 24.3 Å². The molecule has 0 radical (unpaired) electrons. The molecular weight excluding hydrogens is 238 g/mol. The second-order valence-electron chi connectivity index (χ2n) is 5.17. The standard InChI is InChI=1S/C14H21N5/c1-9(2)14-17-12(13(15)19(14)16)10-5-7-11(8-6-10)18(3)4/h5-9H,15-16H2,1-4H3. The van der Waals surface area contributed by atoms with Crippen LogP contribution in [0, 0.1) is 0 Å². The zero-order valence-corrected chi connectivity index (χ0v) is 11.9. The maximum absolute atomic E-state index is 6.04. The summed E-state index contributed by atoms with van der Waals surface area (Å²) in [6.45, 7) is 4.09. The third-order valence-corrected chi connectivity index (χ3v) is 3.15. The second kappa shape index (κ2) is 4.84. The Morgan fingerprint density at radius 2 is 1.74 bits per heavy atom. The van der Waals surface area contributed by atoms with E-state index in [2.05, 4.69) is 4.98 Å². The number of nitrogen functional groups attached to an aromatic ring is 2. The molecule has 0 atom stereocenters.